The van der Waals surface area contributed by atoms with Crippen LogP contribution in [-0.2, 0) is 0 Å². The van der Waals surface area contributed by atoms with Crippen molar-refractivity contribution in [1.82, 2.24) is 5.32 Å². The lowest BCUT2D eigenvalue weighted by Crippen LogP contribution is -2.35. The molecule has 2 amide bonds. The lowest BCUT2D eigenvalue weighted by Gasteiger charge is -2.16. The Bertz CT molecular complexity index is 459. The van der Waals surface area contributed by atoms with Crippen LogP contribution in [-0.4, -0.2) is 23.8 Å². The molecule has 1 aliphatic carbocycles. The van der Waals surface area contributed by atoms with Crippen molar-refractivity contribution in [3.05, 3.63) is 29.3 Å². The third-order valence-electron chi connectivity index (χ3n) is 3.77. The second-order valence-electron chi connectivity index (χ2n) is 5.41. The minimum atomic E-state index is -0.263. The number of carbonyl (C=O) groups is 1. The monoisotopic (exact) mass is 262 g/mol. The molecule has 4 heteroatoms. The predicted molar refractivity (Wildman–Crippen MR) is 76.3 cm³/mol. The number of nitrogens with one attached hydrogen (secondary N) is 2. The number of aliphatic hydroxyl groups excluding tert-OH is 1. The average Bonchev–Trinajstić information content (AvgIpc) is 2.76. The van der Waals surface area contributed by atoms with Crippen LogP contribution in [0.25, 0.3) is 0 Å². The summed E-state index contributed by atoms with van der Waals surface area (Å²) in [6.45, 7) is 4.54. The first kappa shape index (κ1) is 13.9. The van der Waals surface area contributed by atoms with E-state index >= 15 is 0 Å². The van der Waals surface area contributed by atoms with Crippen LogP contribution in [0.3, 0.4) is 0 Å². The first-order valence-electron chi connectivity index (χ1n) is 6.86. The molecule has 19 heavy (non-hydrogen) atoms. The fourth-order valence-electron chi connectivity index (χ4n) is 2.60. The van der Waals surface area contributed by atoms with Gasteiger partial charge in [-0.2, -0.15) is 0 Å². The molecular formula is C15H22N2O2. The van der Waals surface area contributed by atoms with Gasteiger partial charge < -0.3 is 15.7 Å². The Labute approximate surface area is 114 Å². The number of anilines is 1. The van der Waals surface area contributed by atoms with Crippen molar-refractivity contribution in [2.45, 2.75) is 39.2 Å². The molecule has 2 atom stereocenters. The molecule has 1 saturated carbocycles. The Kier molecular flexibility index (Phi) is 4.43. The molecule has 0 radical (unpaired) electrons. The van der Waals surface area contributed by atoms with Crippen molar-refractivity contribution >= 4 is 11.7 Å². The van der Waals surface area contributed by atoms with E-state index in [-0.39, 0.29) is 18.1 Å². The molecule has 1 aromatic rings. The summed E-state index contributed by atoms with van der Waals surface area (Å²) in [6, 6.07) is 5.72. The molecular weight excluding hydrogens is 240 g/mol. The molecule has 1 aliphatic rings. The summed E-state index contributed by atoms with van der Waals surface area (Å²) in [5, 5.41) is 15.4. The number of hydrogen-bond donors (Lipinski definition) is 3. The zero-order valence-electron chi connectivity index (χ0n) is 11.6. The van der Waals surface area contributed by atoms with Crippen LogP contribution >= 0.6 is 0 Å². The molecule has 4 nitrogen and oxygen atoms in total. The molecule has 0 spiro atoms. The quantitative estimate of drug-likeness (QED) is 0.784. The Morgan fingerprint density at radius 3 is 2.79 bits per heavy atom. The van der Waals surface area contributed by atoms with Crippen molar-refractivity contribution in [3.8, 4) is 0 Å². The molecule has 3 N–H and O–H groups in total. The van der Waals surface area contributed by atoms with Crippen molar-refractivity contribution in [1.29, 1.82) is 0 Å². The van der Waals surface area contributed by atoms with Crippen molar-refractivity contribution in [2.24, 2.45) is 5.92 Å². The molecule has 0 unspecified atom stereocenters. The number of carbonyl (C=O) groups excluding carboxylic acids is 1. The van der Waals surface area contributed by atoms with Crippen LogP contribution in [0.2, 0.25) is 0 Å². The SMILES string of the molecule is Cc1ccc(NC(=O)NC[C@@H]2CCC[C@@H]2O)c(C)c1. The lowest BCUT2D eigenvalue weighted by molar-refractivity contribution is 0.133. The Morgan fingerprint density at radius 2 is 2.16 bits per heavy atom. The smallest absolute Gasteiger partial charge is 0.319 e. The molecule has 0 heterocycles. The fraction of sp³-hybridized carbons (Fsp3) is 0.533. The summed E-state index contributed by atoms with van der Waals surface area (Å²) in [4.78, 5) is 11.8. The highest BCUT2D eigenvalue weighted by Crippen LogP contribution is 2.24. The molecule has 0 aromatic heterocycles. The second kappa shape index (κ2) is 6.06. The maximum absolute atomic E-state index is 11.8. The summed E-state index contributed by atoms with van der Waals surface area (Å²) >= 11 is 0. The maximum atomic E-state index is 11.8. The minimum absolute atomic E-state index is 0.199. The van der Waals surface area contributed by atoms with Crippen LogP contribution in [0, 0.1) is 19.8 Å². The van der Waals surface area contributed by atoms with Crippen molar-refractivity contribution in [2.75, 3.05) is 11.9 Å². The molecule has 2 rings (SSSR count). The van der Waals surface area contributed by atoms with E-state index in [1.807, 2.05) is 32.0 Å². The molecule has 1 aromatic carbocycles. The van der Waals surface area contributed by atoms with E-state index in [9.17, 15) is 9.90 Å². The van der Waals surface area contributed by atoms with E-state index in [0.717, 1.165) is 30.5 Å². The van der Waals surface area contributed by atoms with Crippen LogP contribution in [0.4, 0.5) is 10.5 Å². The first-order valence-corrected chi connectivity index (χ1v) is 6.86. The van der Waals surface area contributed by atoms with Crippen LogP contribution < -0.4 is 10.6 Å². The highest BCUT2D eigenvalue weighted by molar-refractivity contribution is 5.90. The average molecular weight is 262 g/mol. The van der Waals surface area contributed by atoms with Gasteiger partial charge >= 0.3 is 6.03 Å². The van der Waals surface area contributed by atoms with E-state index in [1.165, 1.54) is 5.56 Å². The van der Waals surface area contributed by atoms with Crippen LogP contribution in [0.5, 0.6) is 0 Å². The van der Waals surface area contributed by atoms with Gasteiger partial charge in [-0.15, -0.1) is 0 Å². The first-order chi connectivity index (χ1) is 9.06. The molecule has 1 fully saturated rings. The summed E-state index contributed by atoms with van der Waals surface area (Å²) in [7, 11) is 0. The number of rotatable bonds is 3. The van der Waals surface area contributed by atoms with Crippen molar-refractivity contribution in [3.63, 3.8) is 0 Å². The zero-order chi connectivity index (χ0) is 13.8. The number of amides is 2. The largest absolute Gasteiger partial charge is 0.393 e. The number of aliphatic hydroxyl groups is 1. The normalized spacial score (nSPS) is 22.3. The van der Waals surface area contributed by atoms with Crippen LogP contribution in [0.15, 0.2) is 18.2 Å². The van der Waals surface area contributed by atoms with Gasteiger partial charge in [0.15, 0.2) is 0 Å². The summed E-state index contributed by atoms with van der Waals surface area (Å²) < 4.78 is 0. The van der Waals surface area contributed by atoms with E-state index < -0.39 is 0 Å². The molecule has 0 saturated heterocycles. The van der Waals surface area contributed by atoms with Crippen LogP contribution in [0.1, 0.15) is 30.4 Å². The van der Waals surface area contributed by atoms with E-state index in [4.69, 9.17) is 0 Å². The van der Waals surface area contributed by atoms with E-state index in [0.29, 0.717) is 6.54 Å². The Morgan fingerprint density at radius 1 is 1.37 bits per heavy atom. The maximum Gasteiger partial charge on any atom is 0.319 e. The fourth-order valence-corrected chi connectivity index (χ4v) is 2.60. The van der Waals surface area contributed by atoms with Gasteiger partial charge in [0.25, 0.3) is 0 Å². The topological polar surface area (TPSA) is 61.4 Å². The number of aryl methyl sites for hydroxylation is 2. The number of urea groups is 1. The summed E-state index contributed by atoms with van der Waals surface area (Å²) in [6.07, 6.45) is 2.63. The zero-order valence-corrected chi connectivity index (χ0v) is 11.6. The van der Waals surface area contributed by atoms with Gasteiger partial charge in [-0.05, 0) is 38.3 Å². The molecule has 104 valence electrons. The summed E-state index contributed by atoms with van der Waals surface area (Å²) in [5.41, 5.74) is 3.06. The van der Waals surface area contributed by atoms with Gasteiger partial charge in [-0.3, -0.25) is 0 Å². The van der Waals surface area contributed by atoms with Gasteiger partial charge in [-0.25, -0.2) is 4.79 Å². The highest BCUT2D eigenvalue weighted by Gasteiger charge is 2.25. The molecule has 0 bridgehead atoms. The minimum Gasteiger partial charge on any atom is -0.393 e. The second-order valence-corrected chi connectivity index (χ2v) is 5.41. The third kappa shape index (κ3) is 3.70. The van der Waals surface area contributed by atoms with Gasteiger partial charge in [0.1, 0.15) is 0 Å². The van der Waals surface area contributed by atoms with Gasteiger partial charge in [0.05, 0.1) is 6.10 Å². The lowest BCUT2D eigenvalue weighted by atomic mass is 10.1. The van der Waals surface area contributed by atoms with Crippen molar-refractivity contribution < 1.29 is 9.90 Å². The summed E-state index contributed by atoms with van der Waals surface area (Å²) in [5.74, 6) is 0.199. The van der Waals surface area contributed by atoms with E-state index in [2.05, 4.69) is 10.6 Å². The van der Waals surface area contributed by atoms with Gasteiger partial charge in [-0.1, -0.05) is 24.1 Å². The Hall–Kier alpha value is -1.55. The van der Waals surface area contributed by atoms with Gasteiger partial charge in [0, 0.05) is 18.2 Å². The Balaban J connectivity index is 1.84. The number of benzene rings is 1. The highest BCUT2D eigenvalue weighted by atomic mass is 16.3. The predicted octanol–water partition coefficient (Wildman–Crippen LogP) is 2.59. The van der Waals surface area contributed by atoms with E-state index in [1.54, 1.807) is 0 Å². The third-order valence-corrected chi connectivity index (χ3v) is 3.77. The standard InChI is InChI=1S/C15H22N2O2/c1-10-6-7-13(11(2)8-10)17-15(19)16-9-12-4-3-5-14(12)18/h6-8,12,14,18H,3-5,9H2,1-2H3,(H2,16,17,19)/t12-,14-/m0/s1. The number of hydrogen-bond acceptors (Lipinski definition) is 2. The van der Waals surface area contributed by atoms with Gasteiger partial charge in [0.2, 0.25) is 0 Å². The molecule has 0 aliphatic heterocycles.